The van der Waals surface area contributed by atoms with Gasteiger partial charge in [-0.05, 0) is 24.3 Å². The normalized spacial score (nSPS) is 16.9. The van der Waals surface area contributed by atoms with E-state index < -0.39 is 16.1 Å². The van der Waals surface area contributed by atoms with E-state index in [0.29, 0.717) is 11.4 Å². The molecule has 0 spiro atoms. The summed E-state index contributed by atoms with van der Waals surface area (Å²) >= 11 is 0. The van der Waals surface area contributed by atoms with E-state index in [1.807, 2.05) is 0 Å². The molecule has 1 atom stereocenters. The molecule has 1 heterocycles. The summed E-state index contributed by atoms with van der Waals surface area (Å²) in [7, 11) is -3.85. The highest BCUT2D eigenvalue weighted by molar-refractivity contribution is 7.93. The van der Waals surface area contributed by atoms with Crippen molar-refractivity contribution in [3.05, 3.63) is 48.5 Å². The first-order valence-electron chi connectivity index (χ1n) is 6.81. The topological polar surface area (TPSA) is 92.9 Å². The zero-order chi connectivity index (χ0) is 15.7. The standard InChI is InChI=1S/C15H16N2O4S/c16-9-11(18)10-17-12-5-1-2-6-13(12)21-14-7-3-4-8-15(14)22(17,19)20/h1-8,11,18H,9-10,16H2. The molecule has 3 rings (SSSR count). The third kappa shape index (κ3) is 2.43. The maximum absolute atomic E-state index is 12.9. The van der Waals surface area contributed by atoms with E-state index in [4.69, 9.17) is 10.5 Å². The molecule has 0 aromatic heterocycles. The number of anilines is 1. The van der Waals surface area contributed by atoms with Crippen LogP contribution in [0.15, 0.2) is 53.4 Å². The van der Waals surface area contributed by atoms with Gasteiger partial charge in [0.15, 0.2) is 5.75 Å². The van der Waals surface area contributed by atoms with Gasteiger partial charge in [0.05, 0.1) is 18.3 Å². The Morgan fingerprint density at radius 1 is 1.09 bits per heavy atom. The first-order valence-corrected chi connectivity index (χ1v) is 8.25. The van der Waals surface area contributed by atoms with Crippen molar-refractivity contribution >= 4 is 15.7 Å². The Kier molecular flexibility index (Phi) is 3.78. The van der Waals surface area contributed by atoms with Gasteiger partial charge in [0.25, 0.3) is 10.0 Å². The number of nitrogens with zero attached hydrogens (tertiary/aromatic N) is 1. The van der Waals surface area contributed by atoms with E-state index in [9.17, 15) is 13.5 Å². The van der Waals surface area contributed by atoms with Gasteiger partial charge in [0.2, 0.25) is 0 Å². The quantitative estimate of drug-likeness (QED) is 0.889. The van der Waals surface area contributed by atoms with Gasteiger partial charge in [-0.2, -0.15) is 0 Å². The lowest BCUT2D eigenvalue weighted by Crippen LogP contribution is -2.40. The first-order chi connectivity index (χ1) is 10.5. The van der Waals surface area contributed by atoms with Crippen LogP contribution >= 0.6 is 0 Å². The molecule has 7 heteroatoms. The summed E-state index contributed by atoms with van der Waals surface area (Å²) in [4.78, 5) is 0.0652. The van der Waals surface area contributed by atoms with Crippen molar-refractivity contribution in [1.29, 1.82) is 0 Å². The number of para-hydroxylation sites is 3. The fourth-order valence-electron chi connectivity index (χ4n) is 2.33. The zero-order valence-electron chi connectivity index (χ0n) is 11.7. The molecule has 0 saturated heterocycles. The smallest absolute Gasteiger partial charge is 0.268 e. The van der Waals surface area contributed by atoms with Crippen LogP contribution in [0.1, 0.15) is 0 Å². The number of β-amino-alcohol motifs (C(OH)–C–C–N with tert-alkyl or cyclic N) is 1. The van der Waals surface area contributed by atoms with Crippen LogP contribution in [0.4, 0.5) is 5.69 Å². The molecule has 0 amide bonds. The molecular weight excluding hydrogens is 304 g/mol. The molecule has 6 nitrogen and oxygen atoms in total. The van der Waals surface area contributed by atoms with Crippen molar-refractivity contribution in [3.8, 4) is 11.5 Å². The number of aliphatic hydroxyl groups excluding tert-OH is 1. The van der Waals surface area contributed by atoms with Crippen LogP contribution in [0.25, 0.3) is 0 Å². The minimum atomic E-state index is -3.85. The van der Waals surface area contributed by atoms with Crippen molar-refractivity contribution in [3.63, 3.8) is 0 Å². The van der Waals surface area contributed by atoms with E-state index in [-0.39, 0.29) is 23.7 Å². The van der Waals surface area contributed by atoms with Crippen molar-refractivity contribution < 1.29 is 18.3 Å². The van der Waals surface area contributed by atoms with E-state index >= 15 is 0 Å². The Morgan fingerprint density at radius 3 is 2.45 bits per heavy atom. The summed E-state index contributed by atoms with van der Waals surface area (Å²) < 4.78 is 32.8. The Hall–Kier alpha value is -2.09. The fraction of sp³-hybridized carbons (Fsp3) is 0.200. The van der Waals surface area contributed by atoms with Crippen molar-refractivity contribution in [1.82, 2.24) is 0 Å². The van der Waals surface area contributed by atoms with Crippen molar-refractivity contribution in [2.24, 2.45) is 5.73 Å². The molecule has 2 aromatic carbocycles. The Bertz CT molecular complexity index is 792. The molecule has 2 aromatic rings. The molecule has 0 fully saturated rings. The number of ether oxygens (including phenoxy) is 1. The molecule has 0 aliphatic carbocycles. The Balaban J connectivity index is 2.22. The summed E-state index contributed by atoms with van der Waals surface area (Å²) in [6, 6.07) is 13.2. The largest absolute Gasteiger partial charge is 0.454 e. The number of nitrogens with two attached hydrogens (primary N) is 1. The first kappa shape index (κ1) is 14.8. The van der Waals surface area contributed by atoms with Crippen LogP contribution < -0.4 is 14.8 Å². The minimum Gasteiger partial charge on any atom is -0.454 e. The second kappa shape index (κ2) is 5.60. The maximum Gasteiger partial charge on any atom is 0.268 e. The lowest BCUT2D eigenvalue weighted by molar-refractivity contribution is 0.192. The Labute approximate surface area is 128 Å². The van der Waals surface area contributed by atoms with Gasteiger partial charge in [-0.1, -0.05) is 24.3 Å². The number of sulfonamides is 1. The van der Waals surface area contributed by atoms with Gasteiger partial charge in [-0.25, -0.2) is 8.42 Å². The van der Waals surface area contributed by atoms with E-state index in [2.05, 4.69) is 0 Å². The number of hydrogen-bond donors (Lipinski definition) is 2. The lowest BCUT2D eigenvalue weighted by atomic mass is 10.2. The highest BCUT2D eigenvalue weighted by Gasteiger charge is 2.34. The van der Waals surface area contributed by atoms with E-state index in [0.717, 1.165) is 4.31 Å². The van der Waals surface area contributed by atoms with Gasteiger partial charge in [-0.3, -0.25) is 4.31 Å². The maximum atomic E-state index is 12.9. The highest BCUT2D eigenvalue weighted by Crippen LogP contribution is 2.42. The molecule has 0 saturated carbocycles. The average Bonchev–Trinajstić information content (AvgIpc) is 2.61. The molecule has 0 radical (unpaired) electrons. The van der Waals surface area contributed by atoms with Crippen LogP contribution in [0, 0.1) is 0 Å². The van der Waals surface area contributed by atoms with Gasteiger partial charge >= 0.3 is 0 Å². The fourth-order valence-corrected chi connectivity index (χ4v) is 3.96. The summed E-state index contributed by atoms with van der Waals surface area (Å²) in [5.41, 5.74) is 5.81. The summed E-state index contributed by atoms with van der Waals surface area (Å²) in [6.07, 6.45) is -0.965. The van der Waals surface area contributed by atoms with E-state index in [1.165, 1.54) is 6.07 Å². The second-order valence-electron chi connectivity index (χ2n) is 4.94. The van der Waals surface area contributed by atoms with Crippen LogP contribution in [0.2, 0.25) is 0 Å². The second-order valence-corrected chi connectivity index (χ2v) is 6.77. The number of aliphatic hydroxyl groups is 1. The number of benzene rings is 2. The summed E-state index contributed by atoms with van der Waals surface area (Å²) in [5, 5.41) is 9.84. The van der Waals surface area contributed by atoms with E-state index in [1.54, 1.807) is 42.5 Å². The molecule has 1 aliphatic rings. The predicted molar refractivity (Wildman–Crippen MR) is 82.6 cm³/mol. The minimum absolute atomic E-state index is 0.0311. The average molecular weight is 320 g/mol. The predicted octanol–water partition coefficient (Wildman–Crippen LogP) is 1.31. The van der Waals surface area contributed by atoms with Crippen LogP contribution in [0.3, 0.4) is 0 Å². The molecule has 1 aliphatic heterocycles. The van der Waals surface area contributed by atoms with Crippen molar-refractivity contribution in [2.45, 2.75) is 11.0 Å². The number of hydrogen-bond acceptors (Lipinski definition) is 5. The summed E-state index contributed by atoms with van der Waals surface area (Å²) in [6.45, 7) is -0.162. The molecular formula is C15H16N2O4S. The van der Waals surface area contributed by atoms with Gasteiger partial charge in [0, 0.05) is 6.54 Å². The van der Waals surface area contributed by atoms with Gasteiger partial charge in [-0.15, -0.1) is 0 Å². The summed E-state index contributed by atoms with van der Waals surface area (Å²) in [5.74, 6) is 0.680. The molecule has 0 bridgehead atoms. The van der Waals surface area contributed by atoms with Crippen molar-refractivity contribution in [2.75, 3.05) is 17.4 Å². The molecule has 116 valence electrons. The number of fused-ring (bicyclic) bond motifs is 2. The highest BCUT2D eigenvalue weighted by atomic mass is 32.2. The third-order valence-corrected chi connectivity index (χ3v) is 5.24. The molecule has 22 heavy (non-hydrogen) atoms. The molecule has 1 unspecified atom stereocenters. The van der Waals surface area contributed by atoms with Crippen LogP contribution in [0.5, 0.6) is 11.5 Å². The third-order valence-electron chi connectivity index (χ3n) is 3.42. The Morgan fingerprint density at radius 2 is 1.73 bits per heavy atom. The molecule has 3 N–H and O–H groups in total. The monoisotopic (exact) mass is 320 g/mol. The van der Waals surface area contributed by atoms with Gasteiger partial charge < -0.3 is 15.6 Å². The van der Waals surface area contributed by atoms with Crippen LogP contribution in [-0.2, 0) is 10.0 Å². The lowest BCUT2D eigenvalue weighted by Gasteiger charge is -2.25. The number of rotatable bonds is 3. The van der Waals surface area contributed by atoms with Crippen LogP contribution in [-0.4, -0.2) is 32.7 Å². The van der Waals surface area contributed by atoms with Gasteiger partial charge in [0.1, 0.15) is 10.6 Å². The SMILES string of the molecule is NCC(O)CN1c2ccccc2Oc2ccccc2S1(=O)=O. The zero-order valence-corrected chi connectivity index (χ0v) is 12.5.